The molecule has 2 aromatic rings. The van der Waals surface area contributed by atoms with Gasteiger partial charge in [-0.05, 0) is 18.6 Å². The first-order valence-corrected chi connectivity index (χ1v) is 7.58. The number of aryl methyl sites for hydroxylation is 1. The van der Waals surface area contributed by atoms with Crippen LogP contribution in [-0.4, -0.2) is 13.4 Å². The van der Waals surface area contributed by atoms with Gasteiger partial charge in [-0.15, -0.1) is 0 Å². The van der Waals surface area contributed by atoms with Crippen molar-refractivity contribution in [1.82, 2.24) is 4.98 Å². The third kappa shape index (κ3) is 2.85. The van der Waals surface area contributed by atoms with E-state index in [1.165, 1.54) is 13.0 Å². The average Bonchev–Trinajstić information content (AvgIpc) is 2.77. The van der Waals surface area contributed by atoms with Gasteiger partial charge < -0.3 is 0 Å². The largest absolute Gasteiger partial charge is 0.273 e. The van der Waals surface area contributed by atoms with Gasteiger partial charge in [-0.2, -0.15) is 0 Å². The maximum atomic E-state index is 13.7. The minimum absolute atomic E-state index is 0.0190. The number of halogens is 3. The molecule has 1 N–H and O–H groups in total. The number of thiazole rings is 1. The van der Waals surface area contributed by atoms with Crippen molar-refractivity contribution in [3.63, 3.8) is 0 Å². The Labute approximate surface area is 117 Å². The van der Waals surface area contributed by atoms with E-state index in [0.29, 0.717) is 11.3 Å². The highest BCUT2D eigenvalue weighted by atomic mass is 35.5. The molecule has 0 atom stereocenters. The number of nitrogens with zero attached hydrogens (tertiary/aromatic N) is 1. The van der Waals surface area contributed by atoms with Crippen LogP contribution in [0, 0.1) is 18.6 Å². The first-order valence-electron chi connectivity index (χ1n) is 4.90. The fourth-order valence-corrected chi connectivity index (χ4v) is 3.66. The lowest BCUT2D eigenvalue weighted by molar-refractivity contribution is 0.579. The Bertz CT molecular complexity index is 731. The molecule has 0 saturated carbocycles. The Morgan fingerprint density at radius 1 is 1.37 bits per heavy atom. The van der Waals surface area contributed by atoms with E-state index in [1.807, 2.05) is 4.72 Å². The zero-order chi connectivity index (χ0) is 14.2. The molecule has 0 spiro atoms. The molecule has 1 heterocycles. The number of sulfonamides is 1. The minimum Gasteiger partial charge on any atom is -0.273 e. The summed E-state index contributed by atoms with van der Waals surface area (Å²) in [4.78, 5) is 3.56. The molecule has 19 heavy (non-hydrogen) atoms. The number of hydrogen-bond donors (Lipinski definition) is 1. The average molecular weight is 325 g/mol. The van der Waals surface area contributed by atoms with Gasteiger partial charge in [-0.1, -0.05) is 29.0 Å². The van der Waals surface area contributed by atoms with E-state index < -0.39 is 27.3 Å². The van der Waals surface area contributed by atoms with Gasteiger partial charge in [0.15, 0.2) is 14.5 Å². The summed E-state index contributed by atoms with van der Waals surface area (Å²) in [6.07, 6.45) is 1.01. The van der Waals surface area contributed by atoms with Crippen LogP contribution in [0.15, 0.2) is 22.5 Å². The Balaban J connectivity index is 2.44. The lowest BCUT2D eigenvalue weighted by Crippen LogP contribution is -2.14. The summed E-state index contributed by atoms with van der Waals surface area (Å²) >= 11 is 6.21. The molecule has 2 rings (SSSR count). The van der Waals surface area contributed by atoms with E-state index in [1.54, 1.807) is 0 Å². The fraction of sp³-hybridized carbons (Fsp3) is 0.100. The van der Waals surface area contributed by atoms with Crippen LogP contribution in [0.25, 0.3) is 0 Å². The van der Waals surface area contributed by atoms with Gasteiger partial charge in [-0.3, -0.25) is 4.72 Å². The SMILES string of the molecule is Cc1ccc(F)c(NS(=O)(=O)c2cnc(Cl)s2)c1F. The molecule has 0 fully saturated rings. The number of aromatic nitrogens is 1. The molecule has 0 saturated heterocycles. The maximum absolute atomic E-state index is 13.7. The van der Waals surface area contributed by atoms with E-state index in [9.17, 15) is 17.2 Å². The molecule has 102 valence electrons. The predicted molar refractivity (Wildman–Crippen MR) is 69.0 cm³/mol. The molecule has 0 bridgehead atoms. The van der Waals surface area contributed by atoms with Crippen molar-refractivity contribution >= 4 is 38.6 Å². The van der Waals surface area contributed by atoms with Crippen LogP contribution in [0.5, 0.6) is 0 Å². The van der Waals surface area contributed by atoms with Crippen LogP contribution >= 0.6 is 22.9 Å². The fourth-order valence-electron chi connectivity index (χ4n) is 1.30. The number of benzene rings is 1. The van der Waals surface area contributed by atoms with E-state index >= 15 is 0 Å². The molecule has 1 aromatic heterocycles. The molecular weight excluding hydrogens is 318 g/mol. The van der Waals surface area contributed by atoms with Gasteiger partial charge in [0.1, 0.15) is 11.5 Å². The number of nitrogens with one attached hydrogen (secondary N) is 1. The number of hydrogen-bond acceptors (Lipinski definition) is 4. The molecule has 0 unspecified atom stereocenters. The van der Waals surface area contributed by atoms with E-state index in [4.69, 9.17) is 11.6 Å². The van der Waals surface area contributed by atoms with Gasteiger partial charge in [0, 0.05) is 0 Å². The second-order valence-electron chi connectivity index (χ2n) is 3.59. The Hall–Kier alpha value is -1.25. The summed E-state index contributed by atoms with van der Waals surface area (Å²) in [6.45, 7) is 1.40. The third-order valence-electron chi connectivity index (χ3n) is 2.24. The highest BCUT2D eigenvalue weighted by Gasteiger charge is 2.22. The Kier molecular flexibility index (Phi) is 3.75. The van der Waals surface area contributed by atoms with Gasteiger partial charge in [0.2, 0.25) is 0 Å². The Morgan fingerprint density at radius 2 is 2.05 bits per heavy atom. The summed E-state index contributed by atoms with van der Waals surface area (Å²) < 4.78 is 52.6. The molecule has 9 heteroatoms. The van der Waals surface area contributed by atoms with E-state index in [-0.39, 0.29) is 14.2 Å². The quantitative estimate of drug-likeness (QED) is 0.943. The van der Waals surface area contributed by atoms with Crippen LogP contribution in [0.1, 0.15) is 5.56 Å². The highest BCUT2D eigenvalue weighted by Crippen LogP contribution is 2.28. The molecule has 0 aliphatic heterocycles. The zero-order valence-corrected chi connectivity index (χ0v) is 11.8. The van der Waals surface area contributed by atoms with Crippen LogP contribution in [-0.2, 0) is 10.0 Å². The lowest BCUT2D eigenvalue weighted by atomic mass is 10.2. The van der Waals surface area contributed by atoms with E-state index in [2.05, 4.69) is 4.98 Å². The van der Waals surface area contributed by atoms with Crippen molar-refractivity contribution in [2.24, 2.45) is 0 Å². The van der Waals surface area contributed by atoms with Crippen molar-refractivity contribution in [2.45, 2.75) is 11.1 Å². The van der Waals surface area contributed by atoms with Gasteiger partial charge >= 0.3 is 0 Å². The predicted octanol–water partition coefficient (Wildman–Crippen LogP) is 3.18. The lowest BCUT2D eigenvalue weighted by Gasteiger charge is -2.09. The summed E-state index contributed by atoms with van der Waals surface area (Å²) in [7, 11) is -4.11. The smallest absolute Gasteiger partial charge is 0.273 e. The van der Waals surface area contributed by atoms with Crippen molar-refractivity contribution < 1.29 is 17.2 Å². The van der Waals surface area contributed by atoms with Crippen molar-refractivity contribution in [1.29, 1.82) is 0 Å². The van der Waals surface area contributed by atoms with Crippen LogP contribution in [0.3, 0.4) is 0 Å². The van der Waals surface area contributed by atoms with Crippen LogP contribution < -0.4 is 4.72 Å². The monoisotopic (exact) mass is 324 g/mol. The normalized spacial score (nSPS) is 11.6. The standard InChI is InChI=1S/C10H7ClF2N2O2S2/c1-5-2-3-6(12)9(8(5)13)15-19(16,17)7-4-14-10(11)18-7/h2-4,15H,1H3. The summed E-state index contributed by atoms with van der Waals surface area (Å²) in [5.41, 5.74) is -0.592. The van der Waals surface area contributed by atoms with Gasteiger partial charge in [0.25, 0.3) is 10.0 Å². The van der Waals surface area contributed by atoms with Crippen molar-refractivity contribution in [2.75, 3.05) is 4.72 Å². The van der Waals surface area contributed by atoms with Gasteiger partial charge in [-0.25, -0.2) is 22.2 Å². The Morgan fingerprint density at radius 3 is 2.63 bits per heavy atom. The van der Waals surface area contributed by atoms with Crippen LogP contribution in [0.2, 0.25) is 4.47 Å². The molecule has 0 radical (unpaired) electrons. The topological polar surface area (TPSA) is 59.1 Å². The molecule has 0 amide bonds. The zero-order valence-electron chi connectivity index (χ0n) is 9.45. The minimum atomic E-state index is -4.11. The summed E-state index contributed by atoms with van der Waals surface area (Å²) in [6, 6.07) is 2.20. The van der Waals surface area contributed by atoms with Crippen molar-refractivity contribution in [3.8, 4) is 0 Å². The number of rotatable bonds is 3. The van der Waals surface area contributed by atoms with Gasteiger partial charge in [0.05, 0.1) is 6.20 Å². The first-order chi connectivity index (χ1) is 8.81. The van der Waals surface area contributed by atoms with Crippen LogP contribution in [0.4, 0.5) is 14.5 Å². The molecule has 0 aliphatic carbocycles. The highest BCUT2D eigenvalue weighted by molar-refractivity contribution is 7.94. The third-order valence-corrected chi connectivity index (χ3v) is 5.17. The maximum Gasteiger partial charge on any atom is 0.273 e. The van der Waals surface area contributed by atoms with Crippen molar-refractivity contribution in [3.05, 3.63) is 40.0 Å². The second kappa shape index (κ2) is 5.03. The molecule has 4 nitrogen and oxygen atoms in total. The molecule has 1 aromatic carbocycles. The van der Waals surface area contributed by atoms with E-state index in [0.717, 1.165) is 12.3 Å². The number of anilines is 1. The second-order valence-corrected chi connectivity index (χ2v) is 7.11. The summed E-state index contributed by atoms with van der Waals surface area (Å²) in [5, 5.41) is 0. The molecular formula is C10H7ClF2N2O2S2. The first kappa shape index (κ1) is 14.2. The molecule has 0 aliphatic rings. The summed E-state index contributed by atoms with van der Waals surface area (Å²) in [5.74, 6) is -1.96.